The predicted molar refractivity (Wildman–Crippen MR) is 127 cm³/mol. The molecular weight excluding hydrogens is 416 g/mol. The number of benzene rings is 2. The van der Waals surface area contributed by atoms with Crippen molar-refractivity contribution < 1.29 is 19.0 Å². The quantitative estimate of drug-likeness (QED) is 0.707. The number of amides is 1. The van der Waals surface area contributed by atoms with Gasteiger partial charge in [-0.1, -0.05) is 43.5 Å². The van der Waals surface area contributed by atoms with Gasteiger partial charge in [-0.15, -0.1) is 0 Å². The van der Waals surface area contributed by atoms with Gasteiger partial charge in [0.05, 0.1) is 12.5 Å². The molecule has 2 aromatic carbocycles. The van der Waals surface area contributed by atoms with Crippen molar-refractivity contribution in [2.24, 2.45) is 0 Å². The van der Waals surface area contributed by atoms with Crippen LogP contribution in [-0.2, 0) is 16.8 Å². The second-order valence-electron chi connectivity index (χ2n) is 9.55. The molecule has 2 heterocycles. The number of likely N-dealkylation sites (tertiary alicyclic amines) is 1. The van der Waals surface area contributed by atoms with Crippen molar-refractivity contribution in [1.29, 1.82) is 0 Å². The summed E-state index contributed by atoms with van der Waals surface area (Å²) in [5.41, 5.74) is 1.82. The van der Waals surface area contributed by atoms with Crippen LogP contribution in [0.15, 0.2) is 42.5 Å². The highest BCUT2D eigenvalue weighted by atomic mass is 16.7. The molecule has 1 saturated heterocycles. The van der Waals surface area contributed by atoms with Crippen LogP contribution in [0.2, 0.25) is 0 Å². The molecule has 1 saturated carbocycles. The van der Waals surface area contributed by atoms with Gasteiger partial charge in [-0.05, 0) is 49.4 Å². The average Bonchev–Trinajstić information content (AvgIpc) is 3.34. The zero-order chi connectivity index (χ0) is 22.7. The Labute approximate surface area is 196 Å². The van der Waals surface area contributed by atoms with Crippen LogP contribution in [0.5, 0.6) is 17.2 Å². The summed E-state index contributed by atoms with van der Waals surface area (Å²) in [6.07, 6.45) is 7.09. The number of para-hydroxylation sites is 1. The van der Waals surface area contributed by atoms with E-state index in [2.05, 4.69) is 28.4 Å². The number of ether oxygens (including phenoxy) is 3. The van der Waals surface area contributed by atoms with Crippen molar-refractivity contribution in [3.63, 3.8) is 0 Å². The first-order valence-corrected chi connectivity index (χ1v) is 12.2. The molecule has 1 amide bonds. The second kappa shape index (κ2) is 9.64. The van der Waals surface area contributed by atoms with Gasteiger partial charge in [0.1, 0.15) is 5.75 Å². The highest BCUT2D eigenvalue weighted by Gasteiger charge is 2.42. The molecule has 0 atom stereocenters. The van der Waals surface area contributed by atoms with E-state index in [1.54, 1.807) is 7.11 Å². The van der Waals surface area contributed by atoms with E-state index in [0.717, 1.165) is 81.0 Å². The van der Waals surface area contributed by atoms with Gasteiger partial charge in [0.2, 0.25) is 12.7 Å². The molecule has 2 fully saturated rings. The van der Waals surface area contributed by atoms with Crippen LogP contribution in [0, 0.1) is 0 Å². The van der Waals surface area contributed by atoms with E-state index in [1.807, 2.05) is 24.3 Å². The van der Waals surface area contributed by atoms with Gasteiger partial charge in [0.15, 0.2) is 11.5 Å². The first-order valence-electron chi connectivity index (χ1n) is 12.2. The first kappa shape index (κ1) is 22.1. The monoisotopic (exact) mass is 450 g/mol. The summed E-state index contributed by atoms with van der Waals surface area (Å²) in [6.45, 7) is 3.08. The lowest BCUT2D eigenvalue weighted by molar-refractivity contribution is -0.129. The lowest BCUT2D eigenvalue weighted by atomic mass is 9.68. The van der Waals surface area contributed by atoms with E-state index in [1.165, 1.54) is 12.0 Å². The van der Waals surface area contributed by atoms with Crippen molar-refractivity contribution in [1.82, 2.24) is 10.2 Å². The van der Waals surface area contributed by atoms with Crippen LogP contribution in [0.25, 0.3) is 0 Å². The second-order valence-corrected chi connectivity index (χ2v) is 9.55. The number of piperidine rings is 1. The van der Waals surface area contributed by atoms with E-state index in [9.17, 15) is 4.79 Å². The largest absolute Gasteiger partial charge is 0.496 e. The van der Waals surface area contributed by atoms with E-state index in [4.69, 9.17) is 14.2 Å². The molecule has 0 radical (unpaired) electrons. The van der Waals surface area contributed by atoms with E-state index >= 15 is 0 Å². The SMILES string of the molecule is COc1ccccc1CN1CCC(NC(=O)C2(c3ccc4c(c3)OCO4)CCCCC2)CC1. The molecular formula is C27H34N2O4. The molecule has 6 nitrogen and oxygen atoms in total. The third kappa shape index (κ3) is 4.54. The number of hydrogen-bond donors (Lipinski definition) is 1. The van der Waals surface area contributed by atoms with Gasteiger partial charge < -0.3 is 19.5 Å². The molecule has 3 aliphatic rings. The minimum Gasteiger partial charge on any atom is -0.496 e. The number of carbonyl (C=O) groups is 1. The maximum Gasteiger partial charge on any atom is 0.231 e. The maximum absolute atomic E-state index is 13.7. The molecule has 6 heteroatoms. The molecule has 0 aromatic heterocycles. The number of hydrogen-bond acceptors (Lipinski definition) is 5. The summed E-state index contributed by atoms with van der Waals surface area (Å²) in [6, 6.07) is 14.5. The summed E-state index contributed by atoms with van der Waals surface area (Å²) >= 11 is 0. The van der Waals surface area contributed by atoms with Crippen molar-refractivity contribution >= 4 is 5.91 Å². The third-order valence-electron chi connectivity index (χ3n) is 7.58. The number of nitrogens with zero attached hydrogens (tertiary/aromatic N) is 1. The highest BCUT2D eigenvalue weighted by Crippen LogP contribution is 2.44. The number of fused-ring (bicyclic) bond motifs is 1. The van der Waals surface area contributed by atoms with Crippen LogP contribution in [0.3, 0.4) is 0 Å². The molecule has 1 aliphatic carbocycles. The molecule has 0 spiro atoms. The minimum absolute atomic E-state index is 0.184. The third-order valence-corrected chi connectivity index (χ3v) is 7.58. The van der Waals surface area contributed by atoms with Gasteiger partial charge in [-0.2, -0.15) is 0 Å². The van der Waals surface area contributed by atoms with Gasteiger partial charge in [0.25, 0.3) is 0 Å². The van der Waals surface area contributed by atoms with Gasteiger partial charge in [-0.3, -0.25) is 9.69 Å². The van der Waals surface area contributed by atoms with Gasteiger partial charge >= 0.3 is 0 Å². The van der Waals surface area contributed by atoms with Gasteiger partial charge in [-0.25, -0.2) is 0 Å². The fourth-order valence-electron chi connectivity index (χ4n) is 5.63. The normalized spacial score (nSPS) is 20.4. The molecule has 0 unspecified atom stereocenters. The van der Waals surface area contributed by atoms with Gasteiger partial charge in [0, 0.05) is 31.2 Å². The summed E-state index contributed by atoms with van der Waals surface area (Å²) in [5, 5.41) is 3.44. The number of carbonyl (C=O) groups excluding carboxylic acids is 1. The smallest absolute Gasteiger partial charge is 0.231 e. The Balaban J connectivity index is 1.24. The first-order chi connectivity index (χ1) is 16.2. The van der Waals surface area contributed by atoms with Crippen molar-refractivity contribution in [2.75, 3.05) is 27.0 Å². The average molecular weight is 451 g/mol. The highest BCUT2D eigenvalue weighted by molar-refractivity contribution is 5.89. The Bertz CT molecular complexity index is 978. The molecule has 0 bridgehead atoms. The molecule has 1 N–H and O–H groups in total. The number of nitrogens with one attached hydrogen (secondary N) is 1. The molecule has 2 aromatic rings. The topological polar surface area (TPSA) is 60.0 Å². The lowest BCUT2D eigenvalue weighted by Gasteiger charge is -2.39. The predicted octanol–water partition coefficient (Wildman–Crippen LogP) is 4.41. The zero-order valence-corrected chi connectivity index (χ0v) is 19.5. The zero-order valence-electron chi connectivity index (χ0n) is 19.5. The Hall–Kier alpha value is -2.73. The Morgan fingerprint density at radius 2 is 1.82 bits per heavy atom. The summed E-state index contributed by atoms with van der Waals surface area (Å²) in [7, 11) is 1.72. The maximum atomic E-state index is 13.7. The van der Waals surface area contributed by atoms with E-state index < -0.39 is 5.41 Å². The number of rotatable bonds is 6. The standard InChI is InChI=1S/C27H34N2O4/c1-31-23-8-4-3-7-20(23)18-29-15-11-22(12-16-29)28-26(30)27(13-5-2-6-14-27)21-9-10-24-25(17-21)33-19-32-24/h3-4,7-10,17,22H,2,5-6,11-16,18-19H2,1H3,(H,28,30). The van der Waals surface area contributed by atoms with Crippen LogP contribution >= 0.6 is 0 Å². The van der Waals surface area contributed by atoms with Crippen molar-refractivity contribution in [2.45, 2.75) is 62.9 Å². The summed E-state index contributed by atoms with van der Waals surface area (Å²) in [5.74, 6) is 2.66. The number of methoxy groups -OCH3 is 1. The molecule has 5 rings (SSSR count). The van der Waals surface area contributed by atoms with Crippen LogP contribution in [0.4, 0.5) is 0 Å². The Morgan fingerprint density at radius 1 is 1.06 bits per heavy atom. The Morgan fingerprint density at radius 3 is 2.61 bits per heavy atom. The summed E-state index contributed by atoms with van der Waals surface area (Å²) < 4.78 is 16.6. The van der Waals surface area contributed by atoms with Crippen molar-refractivity contribution in [3.8, 4) is 17.2 Å². The lowest BCUT2D eigenvalue weighted by Crippen LogP contribution is -2.52. The fraction of sp³-hybridized carbons (Fsp3) is 0.519. The van der Waals surface area contributed by atoms with Crippen LogP contribution in [-0.4, -0.2) is 43.8 Å². The molecule has 2 aliphatic heterocycles. The summed E-state index contributed by atoms with van der Waals surface area (Å²) in [4.78, 5) is 16.2. The van der Waals surface area contributed by atoms with E-state index in [0.29, 0.717) is 0 Å². The van der Waals surface area contributed by atoms with E-state index in [-0.39, 0.29) is 18.7 Å². The molecule has 176 valence electrons. The molecule has 33 heavy (non-hydrogen) atoms. The fourth-order valence-corrected chi connectivity index (χ4v) is 5.63. The minimum atomic E-state index is -0.465. The Kier molecular flexibility index (Phi) is 6.45. The van der Waals surface area contributed by atoms with Crippen LogP contribution < -0.4 is 19.5 Å². The van der Waals surface area contributed by atoms with Crippen molar-refractivity contribution in [3.05, 3.63) is 53.6 Å². The van der Waals surface area contributed by atoms with Crippen LogP contribution in [0.1, 0.15) is 56.1 Å².